The van der Waals surface area contributed by atoms with Gasteiger partial charge in [-0.3, -0.25) is 25.7 Å². The lowest BCUT2D eigenvalue weighted by molar-refractivity contribution is -0.126. The van der Waals surface area contributed by atoms with Crippen LogP contribution in [0.15, 0.2) is 0 Å². The molecule has 0 aliphatic carbocycles. The molecule has 0 spiro atoms. The van der Waals surface area contributed by atoms with Crippen LogP contribution in [-0.4, -0.2) is 117 Å². The van der Waals surface area contributed by atoms with Crippen molar-refractivity contribution in [1.82, 2.24) is 16.1 Å². The van der Waals surface area contributed by atoms with Gasteiger partial charge in [-0.2, -0.15) is 0 Å². The molecule has 14 heteroatoms. The molecule has 0 aromatic rings. The zero-order valence-corrected chi connectivity index (χ0v) is 19.8. The van der Waals surface area contributed by atoms with Crippen molar-refractivity contribution in [3.05, 3.63) is 0 Å². The van der Waals surface area contributed by atoms with Crippen LogP contribution >= 0.6 is 0 Å². The average molecular weight is 496 g/mol. The van der Waals surface area contributed by atoms with Crippen molar-refractivity contribution in [2.24, 2.45) is 11.6 Å². The van der Waals surface area contributed by atoms with Crippen LogP contribution in [0.5, 0.6) is 0 Å². The number of carbonyl (C=O) groups is 3. The van der Waals surface area contributed by atoms with Gasteiger partial charge in [-0.25, -0.2) is 0 Å². The molecule has 0 aromatic carbocycles. The minimum Gasteiger partial charge on any atom is -0.380 e. The van der Waals surface area contributed by atoms with Gasteiger partial charge < -0.3 is 44.8 Å². The molecule has 0 unspecified atom stereocenters. The number of primary amides is 1. The molecule has 0 atom stereocenters. The minimum absolute atomic E-state index is 0.0338. The number of ether oxygens (including phenoxy) is 6. The van der Waals surface area contributed by atoms with E-state index < -0.39 is 5.91 Å². The van der Waals surface area contributed by atoms with Crippen molar-refractivity contribution in [3.63, 3.8) is 0 Å². The molecule has 0 aliphatic heterocycles. The fourth-order valence-electron chi connectivity index (χ4n) is 2.21. The first-order chi connectivity index (χ1) is 16.6. The molecule has 0 rings (SSSR count). The van der Waals surface area contributed by atoms with Gasteiger partial charge in [0.2, 0.25) is 17.7 Å². The Morgan fingerprint density at radius 1 is 0.529 bits per heavy atom. The lowest BCUT2D eigenvalue weighted by Crippen LogP contribution is -2.31. The first kappa shape index (κ1) is 32.1. The van der Waals surface area contributed by atoms with Gasteiger partial charge in [-0.1, -0.05) is 0 Å². The Bertz CT molecular complexity index is 515. The van der Waals surface area contributed by atoms with E-state index in [1.165, 1.54) is 0 Å². The number of rotatable bonds is 26. The Morgan fingerprint density at radius 3 is 1.47 bits per heavy atom. The second-order valence-electron chi connectivity index (χ2n) is 6.82. The lowest BCUT2D eigenvalue weighted by Gasteiger charge is -2.09. The average Bonchev–Trinajstić information content (AvgIpc) is 2.81. The van der Waals surface area contributed by atoms with Crippen LogP contribution in [0.1, 0.15) is 12.8 Å². The Morgan fingerprint density at radius 2 is 0.941 bits per heavy atom. The van der Waals surface area contributed by atoms with E-state index in [2.05, 4.69) is 16.1 Å². The maximum Gasteiger partial charge on any atom is 0.246 e. The van der Waals surface area contributed by atoms with E-state index >= 15 is 0 Å². The number of nitrogens with one attached hydrogen (secondary N) is 3. The highest BCUT2D eigenvalue weighted by Crippen LogP contribution is 1.87. The summed E-state index contributed by atoms with van der Waals surface area (Å²) in [6.45, 7) is 4.81. The predicted octanol–water partition coefficient (Wildman–Crippen LogP) is -2.95. The molecule has 14 nitrogen and oxygen atoms in total. The number of hydrogen-bond acceptors (Lipinski definition) is 11. The Labute approximate surface area is 200 Å². The molecular formula is C20H41N5O9. The summed E-state index contributed by atoms with van der Waals surface area (Å²) in [6.07, 6.45) is 1.27. The molecule has 200 valence electrons. The van der Waals surface area contributed by atoms with E-state index in [0.717, 1.165) is 0 Å². The summed E-state index contributed by atoms with van der Waals surface area (Å²) >= 11 is 0. The van der Waals surface area contributed by atoms with Crippen LogP contribution in [0, 0.1) is 0 Å². The number of hydrogen-bond donors (Lipinski definition) is 5. The number of carbonyl (C=O) groups excluding carboxylic acids is 3. The summed E-state index contributed by atoms with van der Waals surface area (Å²) in [6, 6.07) is 0. The third-order valence-electron chi connectivity index (χ3n) is 3.77. The Hall–Kier alpha value is -1.91. The second kappa shape index (κ2) is 25.7. The summed E-state index contributed by atoms with van der Waals surface area (Å²) in [7, 11) is 0. The van der Waals surface area contributed by atoms with Crippen molar-refractivity contribution in [2.45, 2.75) is 12.8 Å². The Kier molecular flexibility index (Phi) is 24.3. The van der Waals surface area contributed by atoms with E-state index in [9.17, 15) is 14.4 Å². The molecule has 0 aromatic heterocycles. The summed E-state index contributed by atoms with van der Waals surface area (Å²) in [4.78, 5) is 33.6. The fraction of sp³-hybridized carbons (Fsp3) is 0.850. The van der Waals surface area contributed by atoms with Gasteiger partial charge in [-0.15, -0.1) is 0 Å². The summed E-state index contributed by atoms with van der Waals surface area (Å²) < 4.78 is 31.4. The van der Waals surface area contributed by atoms with Gasteiger partial charge in [0, 0.05) is 46.1 Å². The van der Waals surface area contributed by atoms with E-state index in [1.54, 1.807) is 0 Å². The molecule has 7 N–H and O–H groups in total. The van der Waals surface area contributed by atoms with Crippen molar-refractivity contribution >= 4 is 17.7 Å². The SMILES string of the molecule is NNCCOCCOCC(=O)NCCOCCCOCC(=O)NCCOCCCOCC(N)=O. The number of amides is 3. The standard InChI is InChI=1S/C20H41N5O9/c21-18(26)15-32-8-1-6-29-10-3-23-19(27)16-33-9-2-7-30-11-4-24-20(28)17-34-14-13-31-12-5-25-22/h25H,1-17,22H2,(H2,21,26)(H,23,27)(H,24,28). The first-order valence-electron chi connectivity index (χ1n) is 11.3. The van der Waals surface area contributed by atoms with E-state index in [4.69, 9.17) is 40.0 Å². The molecule has 0 fully saturated rings. The normalized spacial score (nSPS) is 10.9. The highest BCUT2D eigenvalue weighted by atomic mass is 16.5. The topological polar surface area (TPSA) is 195 Å². The van der Waals surface area contributed by atoms with Gasteiger partial charge in [0.15, 0.2) is 0 Å². The molecule has 0 aliphatic rings. The van der Waals surface area contributed by atoms with Crippen molar-refractivity contribution in [3.8, 4) is 0 Å². The quantitative estimate of drug-likeness (QED) is 0.0467. The summed E-state index contributed by atoms with van der Waals surface area (Å²) in [5, 5.41) is 5.36. The van der Waals surface area contributed by atoms with E-state index in [0.29, 0.717) is 91.9 Å². The molecule has 0 radical (unpaired) electrons. The zero-order valence-electron chi connectivity index (χ0n) is 19.8. The molecule has 3 amide bonds. The van der Waals surface area contributed by atoms with Crippen LogP contribution < -0.4 is 27.6 Å². The van der Waals surface area contributed by atoms with Crippen LogP contribution in [0.4, 0.5) is 0 Å². The number of nitrogens with two attached hydrogens (primary N) is 2. The number of hydrazine groups is 1. The van der Waals surface area contributed by atoms with Gasteiger partial charge in [0.1, 0.15) is 19.8 Å². The molecule has 0 bridgehead atoms. The van der Waals surface area contributed by atoms with E-state index in [-0.39, 0.29) is 31.6 Å². The van der Waals surface area contributed by atoms with E-state index in [1.807, 2.05) is 0 Å². The van der Waals surface area contributed by atoms with Gasteiger partial charge in [-0.05, 0) is 12.8 Å². The third-order valence-corrected chi connectivity index (χ3v) is 3.77. The first-order valence-corrected chi connectivity index (χ1v) is 11.3. The van der Waals surface area contributed by atoms with Crippen LogP contribution in [0.3, 0.4) is 0 Å². The zero-order chi connectivity index (χ0) is 25.1. The second-order valence-corrected chi connectivity index (χ2v) is 6.82. The molecule has 34 heavy (non-hydrogen) atoms. The van der Waals surface area contributed by atoms with Gasteiger partial charge in [0.25, 0.3) is 0 Å². The predicted molar refractivity (Wildman–Crippen MR) is 122 cm³/mol. The largest absolute Gasteiger partial charge is 0.380 e. The fourth-order valence-corrected chi connectivity index (χ4v) is 2.21. The smallest absolute Gasteiger partial charge is 0.246 e. The molecular weight excluding hydrogens is 454 g/mol. The highest BCUT2D eigenvalue weighted by Gasteiger charge is 2.02. The molecule has 0 saturated carbocycles. The molecule has 0 heterocycles. The lowest BCUT2D eigenvalue weighted by atomic mass is 10.5. The maximum absolute atomic E-state index is 11.6. The Balaban J connectivity index is 3.26. The van der Waals surface area contributed by atoms with Crippen molar-refractivity contribution in [2.75, 3.05) is 98.9 Å². The van der Waals surface area contributed by atoms with Crippen LogP contribution in [0.25, 0.3) is 0 Å². The molecule has 0 saturated heterocycles. The van der Waals surface area contributed by atoms with Crippen LogP contribution in [-0.2, 0) is 42.8 Å². The van der Waals surface area contributed by atoms with Gasteiger partial charge in [0.05, 0.1) is 33.0 Å². The minimum atomic E-state index is -0.503. The van der Waals surface area contributed by atoms with Gasteiger partial charge >= 0.3 is 0 Å². The monoisotopic (exact) mass is 495 g/mol. The third kappa shape index (κ3) is 26.3. The van der Waals surface area contributed by atoms with Crippen LogP contribution in [0.2, 0.25) is 0 Å². The van der Waals surface area contributed by atoms with Crippen molar-refractivity contribution in [1.29, 1.82) is 0 Å². The summed E-state index contributed by atoms with van der Waals surface area (Å²) in [5.74, 6) is 4.15. The summed E-state index contributed by atoms with van der Waals surface area (Å²) in [5.41, 5.74) is 7.41. The van der Waals surface area contributed by atoms with Crippen molar-refractivity contribution < 1.29 is 42.8 Å². The highest BCUT2D eigenvalue weighted by molar-refractivity contribution is 5.77. The maximum atomic E-state index is 11.6.